The number of hydrogen-bond acceptors (Lipinski definition) is 4. The van der Waals surface area contributed by atoms with Crippen LogP contribution in [0.4, 0.5) is 4.79 Å². The summed E-state index contributed by atoms with van der Waals surface area (Å²) < 4.78 is 9.14. The van der Waals surface area contributed by atoms with Crippen LogP contribution in [0.25, 0.3) is 0 Å². The topological polar surface area (TPSA) is 55.8 Å². The van der Waals surface area contributed by atoms with Crippen molar-refractivity contribution >= 4 is 6.16 Å². The first-order chi connectivity index (χ1) is 5.70. The number of carbonyl (C=O) groups excluding carboxylic acids is 1. The summed E-state index contributed by atoms with van der Waals surface area (Å²) in [6.45, 7) is 3.39. The maximum atomic E-state index is 10.7. The average Bonchev–Trinajstić information content (AvgIpc) is 2.01. The highest BCUT2D eigenvalue weighted by Crippen LogP contribution is 1.99. The summed E-state index contributed by atoms with van der Waals surface area (Å²) >= 11 is 0. The van der Waals surface area contributed by atoms with Crippen molar-refractivity contribution in [3.8, 4) is 0 Å². The van der Waals surface area contributed by atoms with Gasteiger partial charge >= 0.3 is 6.16 Å². The molecule has 1 N–H and O–H groups in total. The van der Waals surface area contributed by atoms with E-state index in [0.29, 0.717) is 5.76 Å². The van der Waals surface area contributed by atoms with E-state index in [2.05, 4.69) is 9.47 Å². The normalized spacial score (nSPS) is 11.1. The van der Waals surface area contributed by atoms with E-state index < -0.39 is 6.16 Å². The van der Waals surface area contributed by atoms with Gasteiger partial charge in [0.1, 0.15) is 12.4 Å². The Morgan fingerprint density at radius 3 is 2.75 bits per heavy atom. The highest BCUT2D eigenvalue weighted by atomic mass is 16.7. The molecule has 0 fully saturated rings. The van der Waals surface area contributed by atoms with Crippen LogP contribution in [0.15, 0.2) is 11.8 Å². The summed E-state index contributed by atoms with van der Waals surface area (Å²) in [5.41, 5.74) is 0. The zero-order chi connectivity index (χ0) is 9.40. The van der Waals surface area contributed by atoms with E-state index >= 15 is 0 Å². The molecule has 0 aromatic carbocycles. The van der Waals surface area contributed by atoms with Gasteiger partial charge in [0, 0.05) is 0 Å². The second-order valence-electron chi connectivity index (χ2n) is 2.15. The summed E-state index contributed by atoms with van der Waals surface area (Å²) in [4.78, 5) is 10.7. The molecule has 0 aliphatic carbocycles. The van der Waals surface area contributed by atoms with Gasteiger partial charge in [-0.2, -0.15) is 0 Å². The van der Waals surface area contributed by atoms with Gasteiger partial charge in [-0.25, -0.2) is 4.79 Å². The van der Waals surface area contributed by atoms with Crippen molar-refractivity contribution in [3.05, 3.63) is 11.8 Å². The molecule has 0 atom stereocenters. The maximum absolute atomic E-state index is 10.7. The molecular formula is C8H14O4. The molecule has 0 unspecified atom stereocenters. The largest absolute Gasteiger partial charge is 0.513 e. The molecule has 0 aromatic heterocycles. The predicted octanol–water partition coefficient (Wildman–Crippen LogP) is 1.45. The molecule has 70 valence electrons. The zero-order valence-electron chi connectivity index (χ0n) is 7.37. The second kappa shape index (κ2) is 6.67. The Bertz CT molecular complexity index is 162. The molecule has 0 aliphatic rings. The van der Waals surface area contributed by atoms with Crippen LogP contribution < -0.4 is 0 Å². The number of aliphatic hydroxyl groups excluding tert-OH is 1. The van der Waals surface area contributed by atoms with Gasteiger partial charge in [0.15, 0.2) is 0 Å². The van der Waals surface area contributed by atoms with Crippen LogP contribution in [0.3, 0.4) is 0 Å². The molecule has 0 spiro atoms. The van der Waals surface area contributed by atoms with E-state index in [-0.39, 0.29) is 13.2 Å². The summed E-state index contributed by atoms with van der Waals surface area (Å²) in [7, 11) is 0. The highest BCUT2D eigenvalue weighted by molar-refractivity contribution is 5.61. The summed E-state index contributed by atoms with van der Waals surface area (Å²) in [5.74, 6) is 0.514. The highest BCUT2D eigenvalue weighted by Gasteiger charge is 2.02. The standard InChI is InChI=1S/C8H14O4/c1-3-4-7(2)12-8(10)11-6-5-9/h4,9H,3,5-6H2,1-2H3. The first-order valence-electron chi connectivity index (χ1n) is 3.83. The monoisotopic (exact) mass is 174 g/mol. The van der Waals surface area contributed by atoms with Gasteiger partial charge in [-0.15, -0.1) is 0 Å². The van der Waals surface area contributed by atoms with E-state index in [9.17, 15) is 4.79 Å². The lowest BCUT2D eigenvalue weighted by atomic mass is 10.4. The van der Waals surface area contributed by atoms with E-state index in [0.717, 1.165) is 6.42 Å². The number of ether oxygens (including phenoxy) is 2. The predicted molar refractivity (Wildman–Crippen MR) is 43.6 cm³/mol. The van der Waals surface area contributed by atoms with Gasteiger partial charge in [0.05, 0.1) is 6.61 Å². The Hall–Kier alpha value is -1.03. The Kier molecular flexibility index (Phi) is 6.09. The van der Waals surface area contributed by atoms with Crippen LogP contribution >= 0.6 is 0 Å². The second-order valence-corrected chi connectivity index (χ2v) is 2.15. The molecule has 0 saturated heterocycles. The Morgan fingerprint density at radius 1 is 1.58 bits per heavy atom. The number of aliphatic hydroxyl groups is 1. The fourth-order valence-corrected chi connectivity index (χ4v) is 0.619. The first-order valence-corrected chi connectivity index (χ1v) is 3.83. The molecule has 12 heavy (non-hydrogen) atoms. The molecule has 0 aliphatic heterocycles. The van der Waals surface area contributed by atoms with Crippen LogP contribution in [-0.2, 0) is 9.47 Å². The minimum Gasteiger partial charge on any atom is -0.432 e. The van der Waals surface area contributed by atoms with Crippen LogP contribution in [0.5, 0.6) is 0 Å². The van der Waals surface area contributed by atoms with E-state index in [1.54, 1.807) is 13.0 Å². The van der Waals surface area contributed by atoms with Gasteiger partial charge in [0.25, 0.3) is 0 Å². The minimum absolute atomic E-state index is 0.0295. The number of carbonyl (C=O) groups is 1. The van der Waals surface area contributed by atoms with Crippen molar-refractivity contribution in [2.45, 2.75) is 20.3 Å². The quantitative estimate of drug-likeness (QED) is 0.517. The molecule has 0 radical (unpaired) electrons. The summed E-state index contributed by atoms with van der Waals surface area (Å²) in [5, 5.41) is 8.31. The lowest BCUT2D eigenvalue weighted by Crippen LogP contribution is -2.09. The Labute approximate surface area is 71.8 Å². The van der Waals surface area contributed by atoms with Crippen molar-refractivity contribution < 1.29 is 19.4 Å². The van der Waals surface area contributed by atoms with Crippen molar-refractivity contribution in [2.24, 2.45) is 0 Å². The molecular weight excluding hydrogens is 160 g/mol. The molecule has 4 nitrogen and oxygen atoms in total. The molecule has 0 rings (SSSR count). The summed E-state index contributed by atoms with van der Waals surface area (Å²) in [6, 6.07) is 0. The average molecular weight is 174 g/mol. The third-order valence-electron chi connectivity index (χ3n) is 1.05. The smallest absolute Gasteiger partial charge is 0.432 e. The van der Waals surface area contributed by atoms with E-state index in [1.807, 2.05) is 6.92 Å². The van der Waals surface area contributed by atoms with Gasteiger partial charge in [0.2, 0.25) is 0 Å². The third kappa shape index (κ3) is 5.73. The van der Waals surface area contributed by atoms with Crippen molar-refractivity contribution in [1.29, 1.82) is 0 Å². The lowest BCUT2D eigenvalue weighted by molar-refractivity contribution is 0.0623. The lowest BCUT2D eigenvalue weighted by Gasteiger charge is -2.03. The fraction of sp³-hybridized carbons (Fsp3) is 0.625. The van der Waals surface area contributed by atoms with Gasteiger partial charge in [-0.05, 0) is 19.4 Å². The number of hydrogen-bond donors (Lipinski definition) is 1. The van der Waals surface area contributed by atoms with Gasteiger partial charge < -0.3 is 14.6 Å². The fourth-order valence-electron chi connectivity index (χ4n) is 0.619. The molecule has 0 heterocycles. The molecule has 0 amide bonds. The van der Waals surface area contributed by atoms with Crippen LogP contribution in [0.1, 0.15) is 20.3 Å². The molecule has 0 aromatic rings. The summed E-state index contributed by atoms with van der Waals surface area (Å²) in [6.07, 6.45) is 1.80. The number of allylic oxidation sites excluding steroid dienone is 2. The third-order valence-corrected chi connectivity index (χ3v) is 1.05. The van der Waals surface area contributed by atoms with Gasteiger partial charge in [-0.1, -0.05) is 6.92 Å². The van der Waals surface area contributed by atoms with Crippen molar-refractivity contribution in [1.82, 2.24) is 0 Å². The van der Waals surface area contributed by atoms with Gasteiger partial charge in [-0.3, -0.25) is 0 Å². The van der Waals surface area contributed by atoms with E-state index in [4.69, 9.17) is 5.11 Å². The SMILES string of the molecule is CCC=C(C)OC(=O)OCCO. The molecule has 0 bridgehead atoms. The van der Waals surface area contributed by atoms with Crippen molar-refractivity contribution in [3.63, 3.8) is 0 Å². The van der Waals surface area contributed by atoms with Crippen LogP contribution in [0, 0.1) is 0 Å². The number of rotatable bonds is 4. The van der Waals surface area contributed by atoms with Crippen LogP contribution in [-0.4, -0.2) is 24.5 Å². The van der Waals surface area contributed by atoms with Crippen molar-refractivity contribution in [2.75, 3.05) is 13.2 Å². The molecule has 0 saturated carbocycles. The first kappa shape index (κ1) is 11.0. The zero-order valence-corrected chi connectivity index (χ0v) is 7.37. The van der Waals surface area contributed by atoms with Crippen LogP contribution in [0.2, 0.25) is 0 Å². The maximum Gasteiger partial charge on any atom is 0.513 e. The molecule has 4 heteroatoms. The minimum atomic E-state index is -0.772. The Morgan fingerprint density at radius 2 is 2.25 bits per heavy atom. The van der Waals surface area contributed by atoms with E-state index in [1.165, 1.54) is 0 Å². The Balaban J connectivity index is 3.61.